The van der Waals surface area contributed by atoms with Gasteiger partial charge in [0.1, 0.15) is 0 Å². The van der Waals surface area contributed by atoms with E-state index in [9.17, 15) is 0 Å². The summed E-state index contributed by atoms with van der Waals surface area (Å²) in [6.07, 6.45) is 0.154. The number of hydrogen-bond acceptors (Lipinski definition) is 5. The number of hydrogen-bond donors (Lipinski definition) is 2. The second kappa shape index (κ2) is 5.59. The Hall–Kier alpha value is -0.590. The molecule has 1 aliphatic heterocycles. The molecule has 0 bridgehead atoms. The molecule has 1 aliphatic rings. The third-order valence-electron chi connectivity index (χ3n) is 3.24. The first kappa shape index (κ1) is 12.4. The molecule has 18 heavy (non-hydrogen) atoms. The summed E-state index contributed by atoms with van der Waals surface area (Å²) in [4.78, 5) is 0. The molecular formula is C13H16N2OS2. The molecule has 0 saturated carbocycles. The van der Waals surface area contributed by atoms with Crippen molar-refractivity contribution in [1.82, 2.24) is 5.43 Å². The summed E-state index contributed by atoms with van der Waals surface area (Å²) in [5.41, 5.74) is 4.19. The van der Waals surface area contributed by atoms with E-state index in [4.69, 9.17) is 10.6 Å². The van der Waals surface area contributed by atoms with E-state index in [2.05, 4.69) is 35.1 Å². The topological polar surface area (TPSA) is 47.3 Å². The molecule has 2 atom stereocenters. The van der Waals surface area contributed by atoms with Crippen molar-refractivity contribution < 1.29 is 4.74 Å². The van der Waals surface area contributed by atoms with Gasteiger partial charge in [0, 0.05) is 16.2 Å². The fourth-order valence-electron chi connectivity index (χ4n) is 2.36. The van der Waals surface area contributed by atoms with Crippen LogP contribution in [0.4, 0.5) is 0 Å². The van der Waals surface area contributed by atoms with E-state index in [1.54, 1.807) is 11.3 Å². The average molecular weight is 280 g/mol. The standard InChI is InChI=1S/C13H16N2OS2/c14-15-12(11-8-17-7-5-16-11)10-3-1-2-9-4-6-18-13(9)10/h1-4,6,11-12,15H,5,7-8,14H2. The Morgan fingerprint density at radius 2 is 2.33 bits per heavy atom. The van der Waals surface area contributed by atoms with Crippen molar-refractivity contribution in [2.75, 3.05) is 18.1 Å². The van der Waals surface area contributed by atoms with Crippen molar-refractivity contribution in [3.63, 3.8) is 0 Å². The van der Waals surface area contributed by atoms with Crippen LogP contribution >= 0.6 is 23.1 Å². The van der Waals surface area contributed by atoms with Gasteiger partial charge < -0.3 is 4.74 Å². The Kier molecular flexibility index (Phi) is 3.86. The van der Waals surface area contributed by atoms with Gasteiger partial charge in [0.25, 0.3) is 0 Å². The van der Waals surface area contributed by atoms with Crippen LogP contribution in [0.25, 0.3) is 10.1 Å². The molecule has 1 aromatic carbocycles. The number of fused-ring (bicyclic) bond motifs is 1. The monoisotopic (exact) mass is 280 g/mol. The Bertz CT molecular complexity index is 522. The van der Waals surface area contributed by atoms with Crippen LogP contribution in [-0.4, -0.2) is 24.2 Å². The number of benzene rings is 1. The van der Waals surface area contributed by atoms with Crippen LogP contribution in [0.1, 0.15) is 11.6 Å². The minimum Gasteiger partial charge on any atom is -0.374 e. The zero-order chi connectivity index (χ0) is 12.4. The molecule has 2 unspecified atom stereocenters. The van der Waals surface area contributed by atoms with Crippen molar-refractivity contribution in [1.29, 1.82) is 0 Å². The average Bonchev–Trinajstić information content (AvgIpc) is 2.90. The lowest BCUT2D eigenvalue weighted by Gasteiger charge is -2.30. The normalized spacial score (nSPS) is 22.2. The van der Waals surface area contributed by atoms with Crippen LogP contribution in [0.2, 0.25) is 0 Å². The largest absolute Gasteiger partial charge is 0.374 e. The van der Waals surface area contributed by atoms with Crippen molar-refractivity contribution in [2.24, 2.45) is 5.84 Å². The van der Waals surface area contributed by atoms with Gasteiger partial charge in [-0.15, -0.1) is 11.3 Å². The number of rotatable bonds is 3. The van der Waals surface area contributed by atoms with Crippen LogP contribution in [0.3, 0.4) is 0 Å². The summed E-state index contributed by atoms with van der Waals surface area (Å²) in [7, 11) is 0. The van der Waals surface area contributed by atoms with Crippen molar-refractivity contribution in [3.8, 4) is 0 Å². The number of nitrogens with two attached hydrogens (primary N) is 1. The summed E-state index contributed by atoms with van der Waals surface area (Å²) < 4.78 is 7.16. The molecule has 96 valence electrons. The Balaban J connectivity index is 1.97. The van der Waals surface area contributed by atoms with Crippen LogP contribution in [0, 0.1) is 0 Å². The molecule has 0 spiro atoms. The zero-order valence-corrected chi connectivity index (χ0v) is 11.6. The summed E-state index contributed by atoms with van der Waals surface area (Å²) >= 11 is 3.70. The van der Waals surface area contributed by atoms with E-state index in [0.717, 1.165) is 18.1 Å². The van der Waals surface area contributed by atoms with E-state index in [0.29, 0.717) is 0 Å². The molecule has 0 radical (unpaired) electrons. The second-order valence-corrected chi connectivity index (χ2v) is 6.38. The van der Waals surface area contributed by atoms with Gasteiger partial charge in [-0.2, -0.15) is 11.8 Å². The first-order chi connectivity index (χ1) is 8.90. The van der Waals surface area contributed by atoms with Crippen LogP contribution < -0.4 is 11.3 Å². The minimum atomic E-state index is 0.0696. The van der Waals surface area contributed by atoms with Gasteiger partial charge in [-0.05, 0) is 22.4 Å². The Morgan fingerprint density at radius 3 is 3.11 bits per heavy atom. The van der Waals surface area contributed by atoms with Gasteiger partial charge in [-0.25, -0.2) is 0 Å². The summed E-state index contributed by atoms with van der Waals surface area (Å²) in [6, 6.07) is 8.59. The number of nitrogens with one attached hydrogen (secondary N) is 1. The van der Waals surface area contributed by atoms with Gasteiger partial charge >= 0.3 is 0 Å². The van der Waals surface area contributed by atoms with E-state index < -0.39 is 0 Å². The third kappa shape index (κ3) is 2.29. The van der Waals surface area contributed by atoms with Crippen molar-refractivity contribution >= 4 is 33.2 Å². The molecule has 1 fully saturated rings. The molecule has 3 rings (SSSR count). The molecular weight excluding hydrogens is 264 g/mol. The van der Waals surface area contributed by atoms with Crippen molar-refractivity contribution in [3.05, 3.63) is 35.2 Å². The first-order valence-electron chi connectivity index (χ1n) is 6.02. The van der Waals surface area contributed by atoms with Gasteiger partial charge in [0.15, 0.2) is 0 Å². The zero-order valence-electron chi connectivity index (χ0n) is 9.96. The number of hydrazine groups is 1. The lowest BCUT2D eigenvalue weighted by Crippen LogP contribution is -2.41. The maximum absolute atomic E-state index is 5.85. The molecule has 3 N–H and O–H groups in total. The predicted octanol–water partition coefficient (Wildman–Crippen LogP) is 2.54. The SMILES string of the molecule is NNC(c1cccc2ccsc12)C1CSCCO1. The molecule has 1 aromatic heterocycles. The predicted molar refractivity (Wildman–Crippen MR) is 79.0 cm³/mol. The molecule has 0 amide bonds. The molecule has 3 nitrogen and oxygen atoms in total. The third-order valence-corrected chi connectivity index (χ3v) is 5.24. The lowest BCUT2D eigenvalue weighted by molar-refractivity contribution is 0.0472. The quantitative estimate of drug-likeness (QED) is 0.670. The van der Waals surface area contributed by atoms with E-state index in [-0.39, 0.29) is 12.1 Å². The number of thiophene rings is 1. The van der Waals surface area contributed by atoms with Gasteiger partial charge in [-0.1, -0.05) is 18.2 Å². The molecule has 5 heteroatoms. The molecule has 1 saturated heterocycles. The molecule has 2 heterocycles. The van der Waals surface area contributed by atoms with Crippen LogP contribution in [0.15, 0.2) is 29.6 Å². The van der Waals surface area contributed by atoms with E-state index in [1.807, 2.05) is 11.8 Å². The second-order valence-electron chi connectivity index (χ2n) is 4.31. The Morgan fingerprint density at radius 1 is 1.39 bits per heavy atom. The molecule has 2 aromatic rings. The smallest absolute Gasteiger partial charge is 0.0873 e. The maximum Gasteiger partial charge on any atom is 0.0873 e. The van der Waals surface area contributed by atoms with E-state index in [1.165, 1.54) is 15.6 Å². The fraction of sp³-hybridized carbons (Fsp3) is 0.385. The van der Waals surface area contributed by atoms with E-state index >= 15 is 0 Å². The Labute approximate surface area is 115 Å². The highest BCUT2D eigenvalue weighted by Gasteiger charge is 2.26. The van der Waals surface area contributed by atoms with Crippen molar-refractivity contribution in [2.45, 2.75) is 12.1 Å². The molecule has 0 aliphatic carbocycles. The van der Waals surface area contributed by atoms with Crippen LogP contribution in [0.5, 0.6) is 0 Å². The first-order valence-corrected chi connectivity index (χ1v) is 8.05. The van der Waals surface area contributed by atoms with Gasteiger partial charge in [-0.3, -0.25) is 11.3 Å². The fourth-order valence-corrected chi connectivity index (χ4v) is 4.21. The highest BCUT2D eigenvalue weighted by atomic mass is 32.2. The summed E-state index contributed by atoms with van der Waals surface area (Å²) in [5, 5.41) is 3.40. The summed E-state index contributed by atoms with van der Waals surface area (Å²) in [6.45, 7) is 0.813. The highest BCUT2D eigenvalue weighted by Crippen LogP contribution is 2.32. The van der Waals surface area contributed by atoms with Crippen LogP contribution in [-0.2, 0) is 4.74 Å². The highest BCUT2D eigenvalue weighted by molar-refractivity contribution is 7.99. The lowest BCUT2D eigenvalue weighted by atomic mass is 10.0. The minimum absolute atomic E-state index is 0.0696. The summed E-state index contributed by atoms with van der Waals surface area (Å²) in [5.74, 6) is 7.84. The van der Waals surface area contributed by atoms with Gasteiger partial charge in [0.05, 0.1) is 18.8 Å². The maximum atomic E-state index is 5.85. The number of thioether (sulfide) groups is 1. The number of ether oxygens (including phenoxy) is 1. The van der Waals surface area contributed by atoms with Gasteiger partial charge in [0.2, 0.25) is 0 Å².